The molecule has 1 saturated heterocycles. The first-order valence-corrected chi connectivity index (χ1v) is 11.7. The molecular weight excluding hydrogens is 450 g/mol. The Morgan fingerprint density at radius 2 is 1.69 bits per heavy atom. The lowest BCUT2D eigenvalue weighted by Gasteiger charge is -2.37. The number of hydrogen-bond acceptors (Lipinski definition) is 5. The predicted molar refractivity (Wildman–Crippen MR) is 128 cm³/mol. The number of carbonyl (C=O) groups is 4. The molecule has 2 aliphatic rings. The molecule has 184 valence electrons. The van der Waals surface area contributed by atoms with Gasteiger partial charge in [0.2, 0.25) is 11.8 Å². The Bertz CT molecular complexity index is 1100. The lowest BCUT2D eigenvalue weighted by atomic mass is 9.98. The third-order valence-electron chi connectivity index (χ3n) is 6.53. The number of ether oxygens (including phenoxy) is 1. The van der Waals surface area contributed by atoms with Gasteiger partial charge in [-0.1, -0.05) is 62.4 Å². The predicted octanol–water partition coefficient (Wildman–Crippen LogP) is 2.35. The summed E-state index contributed by atoms with van der Waals surface area (Å²) in [7, 11) is 0. The molecule has 0 saturated carbocycles. The van der Waals surface area contributed by atoms with Crippen LogP contribution < -0.4 is 10.6 Å². The molecule has 2 atom stereocenters. The largest absolute Gasteiger partial charge is 0.481 e. The van der Waals surface area contributed by atoms with Gasteiger partial charge in [-0.2, -0.15) is 0 Å². The van der Waals surface area contributed by atoms with Crippen molar-refractivity contribution >= 4 is 23.9 Å². The van der Waals surface area contributed by atoms with Gasteiger partial charge in [-0.3, -0.25) is 14.4 Å². The second kappa shape index (κ2) is 10.2. The molecule has 1 unspecified atom stereocenters. The summed E-state index contributed by atoms with van der Waals surface area (Å²) in [6, 6.07) is 13.9. The third kappa shape index (κ3) is 4.99. The Hall–Kier alpha value is -3.88. The van der Waals surface area contributed by atoms with E-state index in [2.05, 4.69) is 10.6 Å². The van der Waals surface area contributed by atoms with Crippen molar-refractivity contribution in [3.63, 3.8) is 0 Å². The third-order valence-corrected chi connectivity index (χ3v) is 6.53. The number of fused-ring (bicyclic) bond motifs is 3. The summed E-state index contributed by atoms with van der Waals surface area (Å²) in [5, 5.41) is 14.4. The maximum Gasteiger partial charge on any atom is 0.407 e. The Morgan fingerprint density at radius 1 is 1.09 bits per heavy atom. The minimum atomic E-state index is -1.18. The van der Waals surface area contributed by atoms with Crippen molar-refractivity contribution in [1.29, 1.82) is 0 Å². The molecule has 0 radical (unpaired) electrons. The summed E-state index contributed by atoms with van der Waals surface area (Å²) in [6.07, 6.45) is -1.25. The van der Waals surface area contributed by atoms with Crippen molar-refractivity contribution in [3.8, 4) is 11.1 Å². The van der Waals surface area contributed by atoms with E-state index in [4.69, 9.17) is 4.74 Å². The summed E-state index contributed by atoms with van der Waals surface area (Å²) in [6.45, 7) is 4.02. The second-order valence-electron chi connectivity index (χ2n) is 9.13. The van der Waals surface area contributed by atoms with Crippen LogP contribution in [0.1, 0.15) is 37.3 Å². The average Bonchev–Trinajstić information content (AvgIpc) is 3.15. The van der Waals surface area contributed by atoms with E-state index in [9.17, 15) is 24.3 Å². The first kappa shape index (κ1) is 24.3. The number of carboxylic acid groups (broad SMARTS) is 1. The number of nitrogens with one attached hydrogen (secondary N) is 2. The molecule has 0 aromatic heterocycles. The molecule has 0 spiro atoms. The Kier molecular flexibility index (Phi) is 7.04. The molecule has 1 aliphatic heterocycles. The molecule has 3 amide bonds. The van der Waals surface area contributed by atoms with Crippen LogP contribution in [0.25, 0.3) is 11.1 Å². The summed E-state index contributed by atoms with van der Waals surface area (Å²) >= 11 is 0. The molecule has 3 N–H and O–H groups in total. The molecule has 35 heavy (non-hydrogen) atoms. The number of amides is 3. The van der Waals surface area contributed by atoms with Gasteiger partial charge in [-0.15, -0.1) is 0 Å². The number of hydrogen-bond donors (Lipinski definition) is 3. The van der Waals surface area contributed by atoms with Gasteiger partial charge in [0.25, 0.3) is 0 Å². The Morgan fingerprint density at radius 3 is 2.26 bits per heavy atom. The van der Waals surface area contributed by atoms with Gasteiger partial charge in [-0.05, 0) is 28.2 Å². The molecule has 9 nitrogen and oxygen atoms in total. The number of carboxylic acids is 1. The van der Waals surface area contributed by atoms with Crippen molar-refractivity contribution in [1.82, 2.24) is 15.5 Å². The maximum atomic E-state index is 13.3. The minimum absolute atomic E-state index is 0.104. The van der Waals surface area contributed by atoms with E-state index in [1.807, 2.05) is 48.5 Å². The highest BCUT2D eigenvalue weighted by Crippen LogP contribution is 2.44. The first-order valence-electron chi connectivity index (χ1n) is 11.7. The van der Waals surface area contributed by atoms with Gasteiger partial charge in [0.15, 0.2) is 0 Å². The van der Waals surface area contributed by atoms with Gasteiger partial charge in [-0.25, -0.2) is 4.79 Å². The van der Waals surface area contributed by atoms with Crippen LogP contribution in [-0.2, 0) is 19.1 Å². The summed E-state index contributed by atoms with van der Waals surface area (Å²) < 4.78 is 5.58. The highest BCUT2D eigenvalue weighted by atomic mass is 16.5. The number of piperazine rings is 1. The number of aliphatic carboxylic acids is 1. The van der Waals surface area contributed by atoms with Crippen molar-refractivity contribution in [2.45, 2.75) is 38.3 Å². The summed E-state index contributed by atoms with van der Waals surface area (Å²) in [5.41, 5.74) is 4.38. The molecule has 4 rings (SSSR count). The number of benzene rings is 2. The van der Waals surface area contributed by atoms with E-state index in [1.54, 1.807) is 13.8 Å². The van der Waals surface area contributed by atoms with Gasteiger partial charge >= 0.3 is 12.1 Å². The Labute approximate surface area is 203 Å². The van der Waals surface area contributed by atoms with E-state index in [-0.39, 0.29) is 31.5 Å². The van der Waals surface area contributed by atoms with Gasteiger partial charge in [0, 0.05) is 19.0 Å². The van der Waals surface area contributed by atoms with Crippen LogP contribution >= 0.6 is 0 Å². The zero-order valence-electron chi connectivity index (χ0n) is 19.7. The number of rotatable bonds is 7. The second-order valence-corrected chi connectivity index (χ2v) is 9.13. The zero-order valence-corrected chi connectivity index (χ0v) is 19.7. The number of nitrogens with zero attached hydrogens (tertiary/aromatic N) is 1. The maximum absolute atomic E-state index is 13.3. The topological polar surface area (TPSA) is 125 Å². The first-order chi connectivity index (χ1) is 16.8. The van der Waals surface area contributed by atoms with Gasteiger partial charge in [0.1, 0.15) is 18.7 Å². The fraction of sp³-hybridized carbons (Fsp3) is 0.385. The minimum Gasteiger partial charge on any atom is -0.481 e. The lowest BCUT2D eigenvalue weighted by molar-refractivity contribution is -0.150. The smallest absolute Gasteiger partial charge is 0.407 e. The summed E-state index contributed by atoms with van der Waals surface area (Å²) in [5.74, 6) is -2.63. The molecule has 0 bridgehead atoms. The SMILES string of the molecule is CC(C)[C@@H](NC(=O)OCC1c2ccccc2-c2ccccc21)C(=O)N1CCNC(=O)C1CC(=O)O. The quantitative estimate of drug-likeness (QED) is 0.560. The Balaban J connectivity index is 1.45. The van der Waals surface area contributed by atoms with E-state index in [0.717, 1.165) is 22.3 Å². The van der Waals surface area contributed by atoms with E-state index in [1.165, 1.54) is 4.90 Å². The monoisotopic (exact) mass is 479 g/mol. The highest BCUT2D eigenvalue weighted by Gasteiger charge is 2.39. The van der Waals surface area contributed by atoms with Crippen LogP contribution in [0.4, 0.5) is 4.79 Å². The van der Waals surface area contributed by atoms with Crippen LogP contribution in [-0.4, -0.2) is 65.7 Å². The molecule has 2 aromatic rings. The average molecular weight is 480 g/mol. The normalized spacial score (nSPS) is 17.9. The molecular formula is C26H29N3O6. The summed E-state index contributed by atoms with van der Waals surface area (Å²) in [4.78, 5) is 50.8. The molecule has 1 aliphatic carbocycles. The molecule has 1 fully saturated rings. The van der Waals surface area contributed by atoms with E-state index < -0.39 is 42.4 Å². The lowest BCUT2D eigenvalue weighted by Crippen LogP contribution is -2.62. The van der Waals surface area contributed by atoms with Crippen molar-refractivity contribution in [3.05, 3.63) is 59.7 Å². The standard InChI is InChI=1S/C26H29N3O6/c1-15(2)23(25(33)29-12-11-27-24(32)21(29)13-22(30)31)28-26(34)35-14-20-18-9-5-3-7-16(18)17-8-4-6-10-19(17)20/h3-10,15,20-21,23H,11-14H2,1-2H3,(H,27,32)(H,28,34)(H,30,31)/t21?,23-/m1/s1. The molecule has 9 heteroatoms. The fourth-order valence-corrected chi connectivity index (χ4v) is 4.81. The van der Waals surface area contributed by atoms with Crippen molar-refractivity contribution in [2.24, 2.45) is 5.92 Å². The molecule has 1 heterocycles. The van der Waals surface area contributed by atoms with Crippen LogP contribution in [0, 0.1) is 5.92 Å². The fourth-order valence-electron chi connectivity index (χ4n) is 4.81. The van der Waals surface area contributed by atoms with Gasteiger partial charge in [0.05, 0.1) is 6.42 Å². The van der Waals surface area contributed by atoms with Crippen LogP contribution in [0.15, 0.2) is 48.5 Å². The van der Waals surface area contributed by atoms with Gasteiger partial charge < -0.3 is 25.4 Å². The van der Waals surface area contributed by atoms with Crippen LogP contribution in [0.2, 0.25) is 0 Å². The number of carbonyl (C=O) groups excluding carboxylic acids is 3. The van der Waals surface area contributed by atoms with Crippen LogP contribution in [0.5, 0.6) is 0 Å². The highest BCUT2D eigenvalue weighted by molar-refractivity contribution is 5.94. The van der Waals surface area contributed by atoms with E-state index >= 15 is 0 Å². The van der Waals surface area contributed by atoms with E-state index in [0.29, 0.717) is 0 Å². The van der Waals surface area contributed by atoms with Crippen LogP contribution in [0.3, 0.4) is 0 Å². The van der Waals surface area contributed by atoms with Crippen molar-refractivity contribution in [2.75, 3.05) is 19.7 Å². The number of alkyl carbamates (subject to hydrolysis) is 1. The molecule has 2 aromatic carbocycles. The zero-order chi connectivity index (χ0) is 25.1. The van der Waals surface area contributed by atoms with Crippen molar-refractivity contribution < 1.29 is 29.0 Å².